The van der Waals surface area contributed by atoms with Crippen LogP contribution in [0, 0.1) is 0 Å². The van der Waals surface area contributed by atoms with Crippen molar-refractivity contribution >= 4 is 43.3 Å². The summed E-state index contributed by atoms with van der Waals surface area (Å²) in [5, 5.41) is 7.58. The normalized spacial score (nSPS) is 17.2. The van der Waals surface area contributed by atoms with E-state index in [1.807, 2.05) is 24.3 Å². The fourth-order valence-corrected chi connectivity index (χ4v) is 7.54. The molecule has 3 heterocycles. The van der Waals surface area contributed by atoms with E-state index in [1.54, 1.807) is 11.3 Å². The molecule has 0 unspecified atom stereocenters. The van der Waals surface area contributed by atoms with Crippen LogP contribution >= 0.6 is 27.3 Å². The van der Waals surface area contributed by atoms with E-state index in [-0.39, 0.29) is 18.1 Å². The van der Waals surface area contributed by atoms with Gasteiger partial charge in [-0.2, -0.15) is 13.2 Å². The number of hydrogen-bond acceptors (Lipinski definition) is 5. The third-order valence-corrected chi connectivity index (χ3v) is 10.1. The highest BCUT2D eigenvalue weighted by Crippen LogP contribution is 2.34. The van der Waals surface area contributed by atoms with Crippen molar-refractivity contribution < 1.29 is 22.7 Å². The number of nitrogens with zero attached hydrogens (tertiary/aromatic N) is 1. The molecule has 44 heavy (non-hydrogen) atoms. The molecule has 3 aromatic carbocycles. The number of likely N-dealkylation sites (tertiary alicyclic amines) is 1. The molecule has 0 aliphatic carbocycles. The minimum absolute atomic E-state index is 0.0197. The third-order valence-electron chi connectivity index (χ3n) is 8.38. The van der Waals surface area contributed by atoms with Crippen molar-refractivity contribution in [1.82, 2.24) is 15.5 Å². The van der Waals surface area contributed by atoms with Gasteiger partial charge < -0.3 is 15.4 Å². The summed E-state index contributed by atoms with van der Waals surface area (Å²) in [5.74, 6) is 0.923. The average molecular weight is 687 g/mol. The van der Waals surface area contributed by atoms with Gasteiger partial charge in [-0.3, -0.25) is 9.69 Å². The zero-order valence-electron chi connectivity index (χ0n) is 24.3. The lowest BCUT2D eigenvalue weighted by Gasteiger charge is -2.32. The van der Waals surface area contributed by atoms with Crippen molar-refractivity contribution in [2.24, 2.45) is 0 Å². The van der Waals surface area contributed by atoms with Crippen molar-refractivity contribution in [1.29, 1.82) is 0 Å². The molecule has 0 bridgehead atoms. The third kappa shape index (κ3) is 7.83. The number of thiophene rings is 1. The number of amides is 1. The van der Waals surface area contributed by atoms with Crippen molar-refractivity contribution in [2.75, 3.05) is 26.2 Å². The van der Waals surface area contributed by atoms with Crippen LogP contribution in [0.3, 0.4) is 0 Å². The van der Waals surface area contributed by atoms with Crippen LogP contribution in [0.4, 0.5) is 13.2 Å². The molecule has 10 heteroatoms. The van der Waals surface area contributed by atoms with Crippen LogP contribution < -0.4 is 15.4 Å². The minimum atomic E-state index is -4.35. The smallest absolute Gasteiger partial charge is 0.416 e. The van der Waals surface area contributed by atoms with Gasteiger partial charge in [0.2, 0.25) is 5.91 Å². The summed E-state index contributed by atoms with van der Waals surface area (Å²) in [4.78, 5) is 16.3. The average Bonchev–Trinajstić information content (AvgIpc) is 3.41. The second kappa shape index (κ2) is 13.6. The maximum Gasteiger partial charge on any atom is 0.416 e. The Morgan fingerprint density at radius 2 is 1.68 bits per heavy atom. The lowest BCUT2D eigenvalue weighted by atomic mass is 10.0. The molecule has 5 nitrogen and oxygen atoms in total. The molecule has 0 atom stereocenters. The van der Waals surface area contributed by atoms with E-state index in [0.29, 0.717) is 6.42 Å². The number of benzene rings is 3. The van der Waals surface area contributed by atoms with Gasteiger partial charge in [0.1, 0.15) is 11.9 Å². The zero-order chi connectivity index (χ0) is 30.7. The molecule has 0 radical (unpaired) electrons. The quantitative estimate of drug-likeness (QED) is 0.199. The fourth-order valence-electron chi connectivity index (χ4n) is 5.98. The van der Waals surface area contributed by atoms with E-state index >= 15 is 0 Å². The molecule has 232 valence electrons. The molecule has 1 amide bonds. The highest BCUT2D eigenvalue weighted by atomic mass is 79.9. The van der Waals surface area contributed by atoms with Crippen LogP contribution in [0.5, 0.6) is 5.75 Å². The highest BCUT2D eigenvalue weighted by Gasteiger charge is 2.30. The van der Waals surface area contributed by atoms with E-state index in [0.717, 1.165) is 107 Å². The number of rotatable bonds is 8. The minimum Gasteiger partial charge on any atom is -0.489 e. The maximum atomic E-state index is 12.9. The number of hydrogen-bond donors (Lipinski definition) is 2. The molecule has 2 fully saturated rings. The molecule has 0 spiro atoms. The van der Waals surface area contributed by atoms with Crippen LogP contribution in [0.15, 0.2) is 71.2 Å². The Morgan fingerprint density at radius 1 is 0.955 bits per heavy atom. The molecular weight excluding hydrogens is 651 g/mol. The highest BCUT2D eigenvalue weighted by molar-refractivity contribution is 9.10. The predicted octanol–water partition coefficient (Wildman–Crippen LogP) is 7.80. The summed E-state index contributed by atoms with van der Waals surface area (Å²) < 4.78 is 47.0. The molecule has 4 aromatic rings. The maximum absolute atomic E-state index is 12.9. The summed E-state index contributed by atoms with van der Waals surface area (Å²) in [7, 11) is 0. The molecule has 2 saturated heterocycles. The largest absolute Gasteiger partial charge is 0.489 e. The van der Waals surface area contributed by atoms with Crippen LogP contribution in [-0.2, 0) is 23.9 Å². The van der Waals surface area contributed by atoms with Gasteiger partial charge in [-0.25, -0.2) is 0 Å². The Hall–Kier alpha value is -2.92. The Balaban J connectivity index is 0.976. The summed E-state index contributed by atoms with van der Waals surface area (Å²) in [6, 6.07) is 19.6. The van der Waals surface area contributed by atoms with E-state index < -0.39 is 11.7 Å². The summed E-state index contributed by atoms with van der Waals surface area (Å²) in [6.45, 7) is 4.71. The van der Waals surface area contributed by atoms with Gasteiger partial charge in [0.15, 0.2) is 0 Å². The van der Waals surface area contributed by atoms with Gasteiger partial charge in [0.25, 0.3) is 0 Å². The molecule has 6 rings (SSSR count). The Kier molecular flexibility index (Phi) is 9.61. The first-order valence-corrected chi connectivity index (χ1v) is 16.7. The van der Waals surface area contributed by atoms with Gasteiger partial charge in [-0.15, -0.1) is 11.3 Å². The van der Waals surface area contributed by atoms with E-state index in [2.05, 4.69) is 49.7 Å². The number of nitrogens with one attached hydrogen (secondary N) is 2. The Bertz CT molecular complexity index is 1590. The van der Waals surface area contributed by atoms with Crippen molar-refractivity contribution in [3.63, 3.8) is 0 Å². The van der Waals surface area contributed by atoms with Crippen molar-refractivity contribution in [2.45, 2.75) is 57.0 Å². The first kappa shape index (κ1) is 31.1. The number of ether oxygens (including phenoxy) is 1. The number of halogens is 4. The monoisotopic (exact) mass is 685 g/mol. The summed E-state index contributed by atoms with van der Waals surface area (Å²) >= 11 is 5.27. The molecular formula is C34H35BrF3N3O2S. The summed E-state index contributed by atoms with van der Waals surface area (Å²) in [6.07, 6.45) is 0.0995. The van der Waals surface area contributed by atoms with Gasteiger partial charge in [0, 0.05) is 35.3 Å². The zero-order valence-corrected chi connectivity index (χ0v) is 26.7. The van der Waals surface area contributed by atoms with E-state index in [1.165, 1.54) is 17.7 Å². The second-order valence-electron chi connectivity index (χ2n) is 11.7. The van der Waals surface area contributed by atoms with Crippen LogP contribution in [0.2, 0.25) is 0 Å². The van der Waals surface area contributed by atoms with Crippen molar-refractivity contribution in [3.05, 3.63) is 87.2 Å². The topological polar surface area (TPSA) is 53.6 Å². The number of carbonyl (C=O) groups excluding carboxylic acids is 1. The standard InChI is InChI=1S/C34H35BrF3N3O2S/c35-30-17-22(1-7-31(30)43-28-9-13-39-14-10-28)21-41-15-11-27(12-16-41)40-33(42)20-29-19-25-18-24(4-8-32(25)44-29)23-2-5-26(6-3-23)34(36,37)38/h1-8,17-19,27-28,39H,9-16,20-21H2,(H,40,42). The van der Waals surface area contributed by atoms with E-state index in [4.69, 9.17) is 4.74 Å². The van der Waals surface area contributed by atoms with Gasteiger partial charge >= 0.3 is 6.18 Å². The number of alkyl halides is 3. The van der Waals surface area contributed by atoms with Crippen LogP contribution in [-0.4, -0.2) is 49.1 Å². The lowest BCUT2D eigenvalue weighted by molar-refractivity contribution is -0.137. The summed E-state index contributed by atoms with van der Waals surface area (Å²) in [5.41, 5.74) is 2.15. The molecule has 2 N–H and O–H groups in total. The van der Waals surface area contributed by atoms with Crippen LogP contribution in [0.1, 0.15) is 41.7 Å². The van der Waals surface area contributed by atoms with Gasteiger partial charge in [-0.05, 0) is 119 Å². The van der Waals surface area contributed by atoms with Gasteiger partial charge in [0.05, 0.1) is 16.5 Å². The van der Waals surface area contributed by atoms with E-state index in [9.17, 15) is 18.0 Å². The number of carbonyl (C=O) groups is 1. The van der Waals surface area contributed by atoms with Gasteiger partial charge in [-0.1, -0.05) is 24.3 Å². The molecule has 2 aliphatic rings. The lowest BCUT2D eigenvalue weighted by Crippen LogP contribution is -2.44. The Morgan fingerprint density at radius 3 is 2.39 bits per heavy atom. The number of fused-ring (bicyclic) bond motifs is 1. The molecule has 2 aliphatic heterocycles. The first-order valence-electron chi connectivity index (χ1n) is 15.1. The predicted molar refractivity (Wildman–Crippen MR) is 173 cm³/mol. The van der Waals surface area contributed by atoms with Crippen LogP contribution in [0.25, 0.3) is 21.2 Å². The fraction of sp³-hybridized carbons (Fsp3) is 0.382. The second-order valence-corrected chi connectivity index (χ2v) is 13.7. The molecule has 1 aromatic heterocycles. The SMILES string of the molecule is O=C(Cc1cc2cc(-c3ccc(C(F)(F)F)cc3)ccc2s1)NC1CCN(Cc2ccc(OC3CCNCC3)c(Br)c2)CC1. The Labute approximate surface area is 267 Å². The molecule has 0 saturated carbocycles. The number of piperidine rings is 2. The van der Waals surface area contributed by atoms with Crippen molar-refractivity contribution in [3.8, 4) is 16.9 Å². The first-order chi connectivity index (χ1) is 21.2.